The number of hydrogen-bond donors (Lipinski definition) is 1. The van der Waals surface area contributed by atoms with Crippen LogP contribution in [-0.2, 0) is 0 Å². The van der Waals surface area contributed by atoms with Gasteiger partial charge in [-0.15, -0.1) is 10.2 Å². The van der Waals surface area contributed by atoms with Crippen LogP contribution in [0.15, 0.2) is 30.5 Å². The summed E-state index contributed by atoms with van der Waals surface area (Å²) in [5.74, 6) is -1.30. The number of alkyl halides is 3. The molecule has 1 fully saturated rings. The summed E-state index contributed by atoms with van der Waals surface area (Å²) in [7, 11) is 0. The molecule has 4 rings (SSSR count). The molecule has 1 N–H and O–H groups in total. The number of nitrogens with zero attached hydrogens (tertiary/aromatic N) is 5. The van der Waals surface area contributed by atoms with E-state index in [1.807, 2.05) is 6.92 Å². The van der Waals surface area contributed by atoms with Crippen LogP contribution in [0.25, 0.3) is 22.5 Å². The van der Waals surface area contributed by atoms with Crippen LogP contribution in [0.1, 0.15) is 19.8 Å². The Hall–Kier alpha value is -3.24. The predicted octanol–water partition coefficient (Wildman–Crippen LogP) is 4.25. The van der Waals surface area contributed by atoms with E-state index in [0.717, 1.165) is 0 Å². The third-order valence-electron chi connectivity index (χ3n) is 5.30. The zero-order chi connectivity index (χ0) is 22.0. The van der Waals surface area contributed by atoms with E-state index in [4.69, 9.17) is 4.74 Å². The van der Waals surface area contributed by atoms with Gasteiger partial charge in [-0.2, -0.15) is 18.4 Å². The van der Waals surface area contributed by atoms with Gasteiger partial charge in [0.25, 0.3) is 0 Å². The van der Waals surface area contributed by atoms with E-state index in [1.165, 1.54) is 12.3 Å². The Balaban J connectivity index is 1.69. The second-order valence-corrected chi connectivity index (χ2v) is 7.21. The number of aromatic nitrogens is 5. The summed E-state index contributed by atoms with van der Waals surface area (Å²) in [5.41, 5.74) is 1.56. The molecule has 1 saturated heterocycles. The number of piperidine rings is 1. The minimum Gasteiger partial charge on any atom is -0.478 e. The Morgan fingerprint density at radius 1 is 1.19 bits per heavy atom. The highest BCUT2D eigenvalue weighted by atomic mass is 19.4. The van der Waals surface area contributed by atoms with Crippen LogP contribution in [0.2, 0.25) is 0 Å². The molecule has 0 bridgehead atoms. The first-order chi connectivity index (χ1) is 14.9. The molecule has 0 amide bonds. The zero-order valence-corrected chi connectivity index (χ0v) is 16.7. The number of benzene rings is 1. The van der Waals surface area contributed by atoms with Gasteiger partial charge in [-0.3, -0.25) is 0 Å². The quantitative estimate of drug-likeness (QED) is 0.603. The molecule has 0 atom stereocenters. The summed E-state index contributed by atoms with van der Waals surface area (Å²) in [6.45, 7) is 2.65. The molecule has 7 nitrogen and oxygen atoms in total. The molecule has 1 aliphatic rings. The van der Waals surface area contributed by atoms with Gasteiger partial charge in [-0.1, -0.05) is 0 Å². The van der Waals surface area contributed by atoms with E-state index >= 15 is 4.39 Å². The molecule has 11 heteroatoms. The summed E-state index contributed by atoms with van der Waals surface area (Å²) in [6, 6.07) is 6.31. The lowest BCUT2D eigenvalue weighted by atomic mass is 9.94. The molecule has 3 heterocycles. The van der Waals surface area contributed by atoms with Crippen molar-refractivity contribution in [2.75, 3.05) is 24.6 Å². The highest BCUT2D eigenvalue weighted by Crippen LogP contribution is 2.39. The molecule has 1 aromatic carbocycles. The van der Waals surface area contributed by atoms with Crippen molar-refractivity contribution in [3.05, 3.63) is 36.3 Å². The molecule has 164 valence electrons. The molecule has 0 radical (unpaired) electrons. The maximum absolute atomic E-state index is 15.3. The molecule has 3 aromatic rings. The second kappa shape index (κ2) is 8.48. The molecule has 0 unspecified atom stereocenters. The van der Waals surface area contributed by atoms with Crippen molar-refractivity contribution >= 4 is 5.69 Å². The van der Waals surface area contributed by atoms with Crippen molar-refractivity contribution in [2.45, 2.75) is 25.9 Å². The normalized spacial score (nSPS) is 15.3. The highest BCUT2D eigenvalue weighted by Gasteiger charge is 2.41. The first-order valence-electron chi connectivity index (χ1n) is 9.85. The Labute approximate surface area is 175 Å². The monoisotopic (exact) mass is 436 g/mol. The SMILES string of the molecule is CCOc1ccc(-c2c(F)cc(N3CCC(C(F)(F)F)CC3)cc2-c2nn[nH]n2)cn1. The minimum absolute atomic E-state index is 0.0345. The maximum atomic E-state index is 15.3. The second-order valence-electron chi connectivity index (χ2n) is 7.21. The van der Waals surface area contributed by atoms with Gasteiger partial charge in [0.15, 0.2) is 0 Å². The number of nitrogens with one attached hydrogen (secondary N) is 1. The zero-order valence-electron chi connectivity index (χ0n) is 16.7. The van der Waals surface area contributed by atoms with Gasteiger partial charge in [0.2, 0.25) is 11.7 Å². The number of aromatic amines is 1. The average molecular weight is 436 g/mol. The van der Waals surface area contributed by atoms with Crippen molar-refractivity contribution in [3.8, 4) is 28.4 Å². The topological polar surface area (TPSA) is 79.8 Å². The van der Waals surface area contributed by atoms with Crippen molar-refractivity contribution in [1.29, 1.82) is 0 Å². The Kier molecular flexibility index (Phi) is 5.75. The van der Waals surface area contributed by atoms with Crippen LogP contribution < -0.4 is 9.64 Å². The first-order valence-corrected chi connectivity index (χ1v) is 9.85. The number of ether oxygens (including phenoxy) is 1. The van der Waals surface area contributed by atoms with E-state index in [2.05, 4.69) is 25.6 Å². The van der Waals surface area contributed by atoms with Crippen LogP contribution in [-0.4, -0.2) is 51.5 Å². The van der Waals surface area contributed by atoms with E-state index in [0.29, 0.717) is 29.3 Å². The summed E-state index contributed by atoms with van der Waals surface area (Å²) >= 11 is 0. The Morgan fingerprint density at radius 2 is 1.97 bits per heavy atom. The fraction of sp³-hybridized carbons (Fsp3) is 0.400. The van der Waals surface area contributed by atoms with E-state index in [9.17, 15) is 13.2 Å². The number of pyridine rings is 1. The first kappa shape index (κ1) is 21.0. The summed E-state index contributed by atoms with van der Waals surface area (Å²) in [4.78, 5) is 5.93. The molecule has 0 aliphatic carbocycles. The highest BCUT2D eigenvalue weighted by molar-refractivity contribution is 5.83. The number of anilines is 1. The van der Waals surface area contributed by atoms with Crippen molar-refractivity contribution in [1.82, 2.24) is 25.6 Å². The number of halogens is 4. The minimum atomic E-state index is -4.21. The summed E-state index contributed by atoms with van der Waals surface area (Å²) in [6.07, 6.45) is -2.79. The summed E-state index contributed by atoms with van der Waals surface area (Å²) in [5, 5.41) is 13.8. The number of tetrazole rings is 1. The molecular formula is C20H20F4N6O. The third kappa shape index (κ3) is 4.44. The Morgan fingerprint density at radius 3 is 2.55 bits per heavy atom. The smallest absolute Gasteiger partial charge is 0.391 e. The lowest BCUT2D eigenvalue weighted by molar-refractivity contribution is -0.179. The van der Waals surface area contributed by atoms with Gasteiger partial charge in [0, 0.05) is 47.7 Å². The fourth-order valence-corrected chi connectivity index (χ4v) is 3.75. The maximum Gasteiger partial charge on any atom is 0.391 e. The average Bonchev–Trinajstić information content (AvgIpc) is 3.28. The molecule has 2 aromatic heterocycles. The summed E-state index contributed by atoms with van der Waals surface area (Å²) < 4.78 is 59.6. The van der Waals surface area contributed by atoms with Crippen molar-refractivity contribution in [3.63, 3.8) is 0 Å². The molecule has 0 saturated carbocycles. The van der Waals surface area contributed by atoms with Crippen molar-refractivity contribution < 1.29 is 22.3 Å². The molecule has 0 spiro atoms. The van der Waals surface area contributed by atoms with Gasteiger partial charge in [-0.25, -0.2) is 9.37 Å². The van der Waals surface area contributed by atoms with E-state index < -0.39 is 17.9 Å². The fourth-order valence-electron chi connectivity index (χ4n) is 3.75. The Bertz CT molecular complexity index is 1020. The van der Waals surface area contributed by atoms with Crippen LogP contribution in [0.5, 0.6) is 5.88 Å². The third-order valence-corrected chi connectivity index (χ3v) is 5.30. The number of H-pyrrole nitrogens is 1. The lowest BCUT2D eigenvalue weighted by Gasteiger charge is -2.34. The van der Waals surface area contributed by atoms with E-state index in [-0.39, 0.29) is 37.3 Å². The largest absolute Gasteiger partial charge is 0.478 e. The number of hydrogen-bond acceptors (Lipinski definition) is 6. The van der Waals surface area contributed by atoms with Crippen LogP contribution >= 0.6 is 0 Å². The van der Waals surface area contributed by atoms with Crippen LogP contribution in [0, 0.1) is 11.7 Å². The van der Waals surface area contributed by atoms with Gasteiger partial charge >= 0.3 is 6.18 Å². The molecular weight excluding hydrogens is 416 g/mol. The van der Waals surface area contributed by atoms with Crippen LogP contribution in [0.4, 0.5) is 23.2 Å². The lowest BCUT2D eigenvalue weighted by Crippen LogP contribution is -2.39. The van der Waals surface area contributed by atoms with Gasteiger partial charge in [0.1, 0.15) is 5.82 Å². The molecule has 31 heavy (non-hydrogen) atoms. The van der Waals surface area contributed by atoms with Crippen LogP contribution in [0.3, 0.4) is 0 Å². The molecule has 1 aliphatic heterocycles. The van der Waals surface area contributed by atoms with E-state index in [1.54, 1.807) is 23.1 Å². The number of rotatable bonds is 5. The van der Waals surface area contributed by atoms with Gasteiger partial charge in [-0.05, 0) is 43.2 Å². The van der Waals surface area contributed by atoms with Gasteiger partial charge in [0.05, 0.1) is 12.5 Å². The van der Waals surface area contributed by atoms with Crippen molar-refractivity contribution in [2.24, 2.45) is 5.92 Å². The standard InChI is InChI=1S/C20H20F4N6O/c1-2-31-17-4-3-12(11-25-17)18-15(19-26-28-29-27-19)9-14(10-16(18)21)30-7-5-13(6-8-30)20(22,23)24/h3-4,9-11,13H,2,5-8H2,1H3,(H,26,27,28,29). The van der Waals surface area contributed by atoms with Gasteiger partial charge < -0.3 is 9.64 Å². The predicted molar refractivity (Wildman–Crippen MR) is 105 cm³/mol.